The lowest BCUT2D eigenvalue weighted by atomic mass is 9.71. The van der Waals surface area contributed by atoms with Crippen LogP contribution in [0.4, 0.5) is 0 Å². The van der Waals surface area contributed by atoms with Crippen LogP contribution in [0.1, 0.15) is 31.4 Å². The molecule has 0 spiro atoms. The second kappa shape index (κ2) is 5.38. The molecule has 20 heavy (non-hydrogen) atoms. The summed E-state index contributed by atoms with van der Waals surface area (Å²) < 4.78 is 0. The van der Waals surface area contributed by atoms with Gasteiger partial charge in [-0.1, -0.05) is 30.3 Å². The molecule has 4 N–H and O–H groups in total. The third-order valence-electron chi connectivity index (χ3n) is 4.52. The second-order valence-corrected chi connectivity index (χ2v) is 5.75. The van der Waals surface area contributed by atoms with Crippen LogP contribution < -0.4 is 5.73 Å². The van der Waals surface area contributed by atoms with Crippen LogP contribution in [0.2, 0.25) is 0 Å². The summed E-state index contributed by atoms with van der Waals surface area (Å²) in [4.78, 5) is 0. The molecular weight excluding hydrogens is 250 g/mol. The molecule has 2 aromatic rings. The van der Waals surface area contributed by atoms with Crippen molar-refractivity contribution in [3.05, 3.63) is 42.1 Å². The van der Waals surface area contributed by atoms with Gasteiger partial charge in [0.2, 0.25) is 0 Å². The summed E-state index contributed by atoms with van der Waals surface area (Å²) in [6.45, 7) is 0.593. The molecule has 4 heteroatoms. The number of nitrogens with zero attached hydrogens (tertiary/aromatic N) is 1. The molecule has 1 aliphatic rings. The molecule has 106 valence electrons. The van der Waals surface area contributed by atoms with Gasteiger partial charge in [-0.3, -0.25) is 5.10 Å². The Morgan fingerprint density at radius 2 is 1.95 bits per heavy atom. The van der Waals surface area contributed by atoms with E-state index in [1.165, 1.54) is 0 Å². The fourth-order valence-corrected chi connectivity index (χ4v) is 3.09. The van der Waals surface area contributed by atoms with Gasteiger partial charge in [0.25, 0.3) is 0 Å². The minimum absolute atomic E-state index is 0.0563. The summed E-state index contributed by atoms with van der Waals surface area (Å²) in [6.07, 6.45) is 3.29. The van der Waals surface area contributed by atoms with Gasteiger partial charge in [0, 0.05) is 23.2 Å². The summed E-state index contributed by atoms with van der Waals surface area (Å²) in [5.74, 6) is 0. The van der Waals surface area contributed by atoms with Crippen LogP contribution in [0.25, 0.3) is 11.3 Å². The Balaban J connectivity index is 1.89. The Labute approximate surface area is 119 Å². The first kappa shape index (κ1) is 13.3. The van der Waals surface area contributed by atoms with Crippen molar-refractivity contribution in [2.75, 3.05) is 6.54 Å². The molecule has 1 fully saturated rings. The van der Waals surface area contributed by atoms with E-state index in [0.717, 1.165) is 42.6 Å². The number of aromatic amines is 1. The van der Waals surface area contributed by atoms with Crippen molar-refractivity contribution < 1.29 is 5.11 Å². The molecule has 0 unspecified atom stereocenters. The number of aromatic nitrogens is 2. The van der Waals surface area contributed by atoms with Gasteiger partial charge in [0.1, 0.15) is 0 Å². The first-order valence-electron chi connectivity index (χ1n) is 7.23. The molecule has 4 nitrogen and oxygen atoms in total. The molecule has 1 aliphatic carbocycles. The molecule has 1 saturated carbocycles. The van der Waals surface area contributed by atoms with Crippen molar-refractivity contribution in [3.8, 4) is 11.3 Å². The fourth-order valence-electron chi connectivity index (χ4n) is 3.09. The van der Waals surface area contributed by atoms with Crippen LogP contribution in [-0.2, 0) is 5.41 Å². The predicted octanol–water partition coefficient (Wildman–Crippen LogP) is 2.21. The number of aliphatic hydroxyl groups excluding tert-OH is 1. The Morgan fingerprint density at radius 1 is 1.25 bits per heavy atom. The molecule has 3 rings (SSSR count). The van der Waals surface area contributed by atoms with E-state index in [1.54, 1.807) is 0 Å². The normalized spacial score (nSPS) is 26.6. The Morgan fingerprint density at radius 3 is 2.60 bits per heavy atom. The van der Waals surface area contributed by atoms with E-state index < -0.39 is 0 Å². The van der Waals surface area contributed by atoms with Crippen molar-refractivity contribution in [1.29, 1.82) is 0 Å². The molecule has 0 saturated heterocycles. The third-order valence-corrected chi connectivity index (χ3v) is 4.52. The topological polar surface area (TPSA) is 74.9 Å². The Hall–Kier alpha value is -1.65. The standard InChI is InChI=1S/C16H21N3O/c17-11-16(8-6-13(20)7-9-16)15-10-14(18-19-15)12-4-2-1-3-5-12/h1-5,10,13,20H,6-9,11,17H2,(H,18,19). The molecule has 0 atom stereocenters. The van der Waals surface area contributed by atoms with Gasteiger partial charge in [0.05, 0.1) is 11.8 Å². The van der Waals surface area contributed by atoms with Crippen molar-refractivity contribution >= 4 is 0 Å². The summed E-state index contributed by atoms with van der Waals surface area (Å²) in [7, 11) is 0. The maximum atomic E-state index is 9.70. The fraction of sp³-hybridized carbons (Fsp3) is 0.438. The van der Waals surface area contributed by atoms with Crippen LogP contribution in [0.3, 0.4) is 0 Å². The van der Waals surface area contributed by atoms with E-state index in [1.807, 2.05) is 18.2 Å². The highest BCUT2D eigenvalue weighted by atomic mass is 16.3. The van der Waals surface area contributed by atoms with Crippen LogP contribution >= 0.6 is 0 Å². The van der Waals surface area contributed by atoms with Gasteiger partial charge in [0.15, 0.2) is 0 Å². The summed E-state index contributed by atoms with van der Waals surface area (Å²) >= 11 is 0. The highest BCUT2D eigenvalue weighted by Crippen LogP contribution is 2.38. The highest BCUT2D eigenvalue weighted by molar-refractivity contribution is 5.59. The van der Waals surface area contributed by atoms with E-state index >= 15 is 0 Å². The van der Waals surface area contributed by atoms with Crippen LogP contribution in [0.5, 0.6) is 0 Å². The molecule has 0 amide bonds. The molecule has 1 aromatic heterocycles. The molecule has 1 aromatic carbocycles. The first-order chi connectivity index (χ1) is 9.73. The smallest absolute Gasteiger partial charge is 0.0923 e. The van der Waals surface area contributed by atoms with Gasteiger partial charge >= 0.3 is 0 Å². The lowest BCUT2D eigenvalue weighted by Gasteiger charge is -2.37. The largest absolute Gasteiger partial charge is 0.393 e. The van der Waals surface area contributed by atoms with Crippen molar-refractivity contribution in [1.82, 2.24) is 10.2 Å². The number of aliphatic hydroxyl groups is 1. The van der Waals surface area contributed by atoms with E-state index in [2.05, 4.69) is 28.4 Å². The van der Waals surface area contributed by atoms with E-state index in [0.29, 0.717) is 6.54 Å². The number of nitrogens with two attached hydrogens (primary N) is 1. The van der Waals surface area contributed by atoms with Crippen LogP contribution in [-0.4, -0.2) is 28.0 Å². The lowest BCUT2D eigenvalue weighted by Crippen LogP contribution is -2.40. The summed E-state index contributed by atoms with van der Waals surface area (Å²) in [6, 6.07) is 12.2. The minimum Gasteiger partial charge on any atom is -0.393 e. The zero-order valence-corrected chi connectivity index (χ0v) is 11.5. The van der Waals surface area contributed by atoms with Crippen molar-refractivity contribution in [3.63, 3.8) is 0 Å². The van der Waals surface area contributed by atoms with Gasteiger partial charge in [-0.25, -0.2) is 0 Å². The monoisotopic (exact) mass is 271 g/mol. The average molecular weight is 271 g/mol. The maximum absolute atomic E-state index is 9.70. The first-order valence-corrected chi connectivity index (χ1v) is 7.23. The van der Waals surface area contributed by atoms with Gasteiger partial charge in [-0.05, 0) is 31.7 Å². The van der Waals surface area contributed by atoms with Gasteiger partial charge < -0.3 is 10.8 Å². The predicted molar refractivity (Wildman–Crippen MR) is 79.2 cm³/mol. The number of H-pyrrole nitrogens is 1. The summed E-state index contributed by atoms with van der Waals surface area (Å²) in [5.41, 5.74) is 9.15. The molecule has 0 radical (unpaired) electrons. The number of rotatable bonds is 3. The van der Waals surface area contributed by atoms with E-state index in [9.17, 15) is 5.11 Å². The number of benzene rings is 1. The molecule has 0 bridgehead atoms. The Kier molecular flexibility index (Phi) is 3.59. The molecule has 0 aliphatic heterocycles. The SMILES string of the molecule is NCC1(c2cc(-c3ccccc3)n[nH]2)CCC(O)CC1. The van der Waals surface area contributed by atoms with Crippen LogP contribution in [0, 0.1) is 0 Å². The quantitative estimate of drug-likeness (QED) is 0.801. The minimum atomic E-state index is -0.175. The molecular formula is C16H21N3O. The number of nitrogens with one attached hydrogen (secondary N) is 1. The maximum Gasteiger partial charge on any atom is 0.0923 e. The third kappa shape index (κ3) is 2.37. The summed E-state index contributed by atoms with van der Waals surface area (Å²) in [5, 5.41) is 17.3. The average Bonchev–Trinajstić information content (AvgIpc) is 3.00. The van der Waals surface area contributed by atoms with Gasteiger partial charge in [-0.15, -0.1) is 0 Å². The van der Waals surface area contributed by atoms with Crippen LogP contribution in [0.15, 0.2) is 36.4 Å². The number of hydrogen-bond acceptors (Lipinski definition) is 3. The van der Waals surface area contributed by atoms with Gasteiger partial charge in [-0.2, -0.15) is 5.10 Å². The van der Waals surface area contributed by atoms with E-state index in [4.69, 9.17) is 5.73 Å². The number of hydrogen-bond donors (Lipinski definition) is 3. The zero-order chi connectivity index (χ0) is 14.0. The molecule has 1 heterocycles. The highest BCUT2D eigenvalue weighted by Gasteiger charge is 2.36. The second-order valence-electron chi connectivity index (χ2n) is 5.75. The zero-order valence-electron chi connectivity index (χ0n) is 11.5. The van der Waals surface area contributed by atoms with Crippen molar-refractivity contribution in [2.24, 2.45) is 5.73 Å². The lowest BCUT2D eigenvalue weighted by molar-refractivity contribution is 0.0962. The van der Waals surface area contributed by atoms with E-state index in [-0.39, 0.29) is 11.5 Å². The Bertz CT molecular complexity index is 556. The van der Waals surface area contributed by atoms with Crippen molar-refractivity contribution in [2.45, 2.75) is 37.2 Å².